The Morgan fingerprint density at radius 1 is 1.12 bits per heavy atom. The Labute approximate surface area is 197 Å². The summed E-state index contributed by atoms with van der Waals surface area (Å²) in [4.78, 5) is 39.8. The van der Waals surface area contributed by atoms with E-state index in [2.05, 4.69) is 12.2 Å². The van der Waals surface area contributed by atoms with E-state index in [-0.39, 0.29) is 37.2 Å². The summed E-state index contributed by atoms with van der Waals surface area (Å²) in [7, 11) is 0. The average Bonchev–Trinajstić information content (AvgIpc) is 2.82. The number of rotatable bonds is 15. The molecule has 0 spiro atoms. The van der Waals surface area contributed by atoms with Gasteiger partial charge < -0.3 is 16.0 Å². The molecule has 0 aromatic heterocycles. The quantitative estimate of drug-likeness (QED) is 0.275. The van der Waals surface area contributed by atoms with Gasteiger partial charge in [-0.2, -0.15) is 0 Å². The molecule has 2 atom stereocenters. The van der Waals surface area contributed by atoms with Gasteiger partial charge in [-0.3, -0.25) is 19.6 Å². The van der Waals surface area contributed by atoms with Crippen LogP contribution in [0.4, 0.5) is 0 Å². The second-order valence-corrected chi connectivity index (χ2v) is 8.82. The Morgan fingerprint density at radius 3 is 2.45 bits per heavy atom. The number of nitrogens with zero attached hydrogens (tertiary/aromatic N) is 2. The van der Waals surface area contributed by atoms with Gasteiger partial charge in [0.05, 0.1) is 0 Å². The lowest BCUT2D eigenvalue weighted by molar-refractivity contribution is -0.195. The number of unbranched alkanes of at least 4 members (excludes halogenated alkanes) is 6. The molecule has 0 saturated carbocycles. The predicted molar refractivity (Wildman–Crippen MR) is 127 cm³/mol. The van der Waals surface area contributed by atoms with Gasteiger partial charge in [0.1, 0.15) is 12.6 Å². The van der Waals surface area contributed by atoms with E-state index >= 15 is 0 Å². The number of piperazine rings is 1. The number of hydrogen-bond donors (Lipinski definition) is 3. The second kappa shape index (κ2) is 14.6. The number of hydroxylamine groups is 2. The van der Waals surface area contributed by atoms with Crippen LogP contribution in [0.25, 0.3) is 0 Å². The Kier molecular flexibility index (Phi) is 11.9. The van der Waals surface area contributed by atoms with Gasteiger partial charge in [0.15, 0.2) is 0 Å². The van der Waals surface area contributed by atoms with E-state index in [1.165, 1.54) is 30.6 Å². The van der Waals surface area contributed by atoms with Crippen molar-refractivity contribution in [1.82, 2.24) is 15.3 Å². The van der Waals surface area contributed by atoms with Crippen molar-refractivity contribution in [2.45, 2.75) is 83.2 Å². The minimum absolute atomic E-state index is 0.123. The molecular formula is C25H40N4O4. The molecule has 1 heterocycles. The second-order valence-electron chi connectivity index (χ2n) is 8.82. The molecule has 1 aromatic rings. The molecule has 0 aliphatic carbocycles. The Balaban J connectivity index is 2.06. The zero-order valence-corrected chi connectivity index (χ0v) is 19.9. The van der Waals surface area contributed by atoms with Crippen LogP contribution in [0.3, 0.4) is 0 Å². The summed E-state index contributed by atoms with van der Waals surface area (Å²) >= 11 is 0. The summed E-state index contributed by atoms with van der Waals surface area (Å²) in [6.45, 7) is 2.69. The molecule has 1 fully saturated rings. The van der Waals surface area contributed by atoms with Crippen molar-refractivity contribution in [3.63, 3.8) is 0 Å². The fourth-order valence-corrected chi connectivity index (χ4v) is 4.29. The molecule has 8 heteroatoms. The van der Waals surface area contributed by atoms with Crippen molar-refractivity contribution in [2.75, 3.05) is 19.6 Å². The van der Waals surface area contributed by atoms with Crippen molar-refractivity contribution in [1.29, 1.82) is 0 Å². The number of hydrogen-bond acceptors (Lipinski definition) is 5. The van der Waals surface area contributed by atoms with E-state index < -0.39 is 11.9 Å². The predicted octanol–water partition coefficient (Wildman–Crippen LogP) is 2.63. The normalized spacial score (nSPS) is 17.4. The fourth-order valence-electron chi connectivity index (χ4n) is 4.29. The van der Waals surface area contributed by atoms with Gasteiger partial charge in [-0.05, 0) is 12.0 Å². The monoisotopic (exact) mass is 460 g/mol. The van der Waals surface area contributed by atoms with E-state index in [0.29, 0.717) is 24.6 Å². The van der Waals surface area contributed by atoms with Gasteiger partial charge >= 0.3 is 0 Å². The number of carbonyl (C=O) groups is 3. The minimum Gasteiger partial charge on any atom is -0.355 e. The molecule has 2 rings (SSSR count). The number of nitrogens with two attached hydrogens (primary N) is 1. The Morgan fingerprint density at radius 2 is 1.79 bits per heavy atom. The SMILES string of the molecule is CCCCCCCCCC(CC(=O)NCCN)N1CC(=O)N(O)C(Cc2ccccc2)C1=O. The van der Waals surface area contributed by atoms with Crippen LogP contribution in [0.1, 0.15) is 70.3 Å². The third-order valence-electron chi connectivity index (χ3n) is 6.17. The van der Waals surface area contributed by atoms with E-state index in [1.807, 2.05) is 30.3 Å². The molecule has 0 bridgehead atoms. The highest BCUT2D eigenvalue weighted by Gasteiger charge is 2.42. The van der Waals surface area contributed by atoms with Crippen molar-refractivity contribution in [3.05, 3.63) is 35.9 Å². The molecule has 1 aliphatic rings. The number of benzene rings is 1. The van der Waals surface area contributed by atoms with Crippen LogP contribution >= 0.6 is 0 Å². The van der Waals surface area contributed by atoms with Crippen LogP contribution in [-0.2, 0) is 20.8 Å². The Bertz CT molecular complexity index is 743. The van der Waals surface area contributed by atoms with E-state index in [4.69, 9.17) is 5.73 Å². The van der Waals surface area contributed by atoms with Crippen LogP contribution in [-0.4, -0.2) is 64.6 Å². The zero-order valence-electron chi connectivity index (χ0n) is 19.9. The molecule has 1 aromatic carbocycles. The van der Waals surface area contributed by atoms with Gasteiger partial charge in [-0.25, -0.2) is 5.06 Å². The van der Waals surface area contributed by atoms with E-state index in [9.17, 15) is 19.6 Å². The molecular weight excluding hydrogens is 420 g/mol. The first-order valence-electron chi connectivity index (χ1n) is 12.3. The number of amides is 3. The van der Waals surface area contributed by atoms with Gasteiger partial charge in [0.25, 0.3) is 5.91 Å². The topological polar surface area (TPSA) is 116 Å². The third-order valence-corrected chi connectivity index (χ3v) is 6.17. The van der Waals surface area contributed by atoms with Crippen LogP contribution < -0.4 is 11.1 Å². The van der Waals surface area contributed by atoms with Crippen molar-refractivity contribution in [3.8, 4) is 0 Å². The van der Waals surface area contributed by atoms with E-state index in [0.717, 1.165) is 24.8 Å². The molecule has 2 unspecified atom stereocenters. The summed E-state index contributed by atoms with van der Waals surface area (Å²) in [5, 5.41) is 13.7. The van der Waals surface area contributed by atoms with Gasteiger partial charge in [-0.1, -0.05) is 82.2 Å². The molecule has 184 valence electrons. The molecule has 8 nitrogen and oxygen atoms in total. The summed E-state index contributed by atoms with van der Waals surface area (Å²) < 4.78 is 0. The van der Waals surface area contributed by atoms with Crippen molar-refractivity contribution >= 4 is 17.7 Å². The zero-order chi connectivity index (χ0) is 24.1. The first kappa shape index (κ1) is 26.8. The summed E-state index contributed by atoms with van der Waals surface area (Å²) in [6, 6.07) is 7.93. The first-order valence-corrected chi connectivity index (χ1v) is 12.3. The summed E-state index contributed by atoms with van der Waals surface area (Å²) in [6.07, 6.45) is 8.90. The molecule has 3 amide bonds. The lowest BCUT2D eigenvalue weighted by Crippen LogP contribution is -2.62. The maximum Gasteiger partial charge on any atom is 0.266 e. The van der Waals surface area contributed by atoms with Crippen LogP contribution in [0, 0.1) is 0 Å². The number of carbonyl (C=O) groups excluding carboxylic acids is 3. The minimum atomic E-state index is -0.989. The smallest absolute Gasteiger partial charge is 0.266 e. The molecule has 4 N–H and O–H groups in total. The third kappa shape index (κ3) is 8.78. The standard InChI is InChI=1S/C25H40N4O4/c1-2-3-4-5-6-7-11-14-21(18-23(30)27-16-15-26)28-19-24(31)29(33)22(25(28)32)17-20-12-9-8-10-13-20/h8-10,12-13,21-22,33H,2-7,11,14-19,26H2,1H3,(H,27,30). The fraction of sp³-hybridized carbons (Fsp3) is 0.640. The van der Waals surface area contributed by atoms with Crippen LogP contribution in [0.2, 0.25) is 0 Å². The van der Waals surface area contributed by atoms with Gasteiger partial charge in [0, 0.05) is 32.0 Å². The highest BCUT2D eigenvalue weighted by molar-refractivity contribution is 5.95. The summed E-state index contributed by atoms with van der Waals surface area (Å²) in [5.74, 6) is -1.03. The maximum atomic E-state index is 13.4. The van der Waals surface area contributed by atoms with E-state index in [1.54, 1.807) is 0 Å². The van der Waals surface area contributed by atoms with Crippen molar-refractivity contribution in [2.24, 2.45) is 5.73 Å². The summed E-state index contributed by atoms with van der Waals surface area (Å²) in [5.41, 5.74) is 6.34. The number of nitrogens with one attached hydrogen (secondary N) is 1. The lowest BCUT2D eigenvalue weighted by Gasteiger charge is -2.40. The molecule has 1 saturated heterocycles. The highest BCUT2D eigenvalue weighted by Crippen LogP contribution is 2.22. The van der Waals surface area contributed by atoms with Crippen LogP contribution in [0.15, 0.2) is 30.3 Å². The van der Waals surface area contributed by atoms with Crippen LogP contribution in [0.5, 0.6) is 0 Å². The average molecular weight is 461 g/mol. The molecule has 33 heavy (non-hydrogen) atoms. The largest absolute Gasteiger partial charge is 0.355 e. The molecule has 1 aliphatic heterocycles. The lowest BCUT2D eigenvalue weighted by atomic mass is 9.97. The van der Waals surface area contributed by atoms with Gasteiger partial charge in [0.2, 0.25) is 11.8 Å². The van der Waals surface area contributed by atoms with Gasteiger partial charge in [-0.15, -0.1) is 0 Å². The highest BCUT2D eigenvalue weighted by atomic mass is 16.5. The Hall–Kier alpha value is -2.45. The molecule has 0 radical (unpaired) electrons. The van der Waals surface area contributed by atoms with Crippen molar-refractivity contribution < 1.29 is 19.6 Å². The first-order chi connectivity index (χ1) is 16.0. The maximum absolute atomic E-state index is 13.4.